The van der Waals surface area contributed by atoms with Crippen LogP contribution in [-0.4, -0.2) is 20.2 Å². The van der Waals surface area contributed by atoms with Gasteiger partial charge in [-0.3, -0.25) is 0 Å². The second kappa shape index (κ2) is 7.30. The zero-order valence-electron chi connectivity index (χ0n) is 13.1. The molecule has 0 aromatic heterocycles. The zero-order chi connectivity index (χ0) is 15.3. The molecule has 0 saturated heterocycles. The van der Waals surface area contributed by atoms with Gasteiger partial charge in [-0.15, -0.1) is 0 Å². The average Bonchev–Trinajstić information content (AvgIpc) is 2.73. The van der Waals surface area contributed by atoms with E-state index in [1.165, 1.54) is 38.5 Å². The number of rotatable bonds is 5. The fourth-order valence-corrected chi connectivity index (χ4v) is 3.98. The van der Waals surface area contributed by atoms with Crippen molar-refractivity contribution < 1.29 is 8.42 Å². The van der Waals surface area contributed by atoms with E-state index in [1.807, 2.05) is 12.1 Å². The molecule has 2 atom stereocenters. The molecule has 1 fully saturated rings. The molecule has 0 bridgehead atoms. The summed E-state index contributed by atoms with van der Waals surface area (Å²) in [5.74, 6) is 1.04. The average molecular weight is 309 g/mol. The lowest BCUT2D eigenvalue weighted by Crippen LogP contribution is -2.18. The van der Waals surface area contributed by atoms with E-state index in [0.29, 0.717) is 10.9 Å². The molecule has 3 nitrogen and oxygen atoms in total. The van der Waals surface area contributed by atoms with Crippen LogP contribution in [0.1, 0.15) is 52.4 Å². The molecular weight excluding hydrogens is 282 g/mol. The van der Waals surface area contributed by atoms with Crippen molar-refractivity contribution in [3.63, 3.8) is 0 Å². The molecule has 0 aliphatic heterocycles. The predicted molar refractivity (Wildman–Crippen MR) is 88.4 cm³/mol. The highest BCUT2D eigenvalue weighted by Crippen LogP contribution is 2.27. The number of benzene rings is 1. The molecule has 2 rings (SSSR count). The second-order valence-corrected chi connectivity index (χ2v) is 8.33. The highest BCUT2D eigenvalue weighted by Gasteiger charge is 2.18. The van der Waals surface area contributed by atoms with Crippen molar-refractivity contribution in [1.82, 2.24) is 0 Å². The molecule has 118 valence electrons. The Morgan fingerprint density at radius 2 is 1.76 bits per heavy atom. The monoisotopic (exact) mass is 309 g/mol. The van der Waals surface area contributed by atoms with Gasteiger partial charge < -0.3 is 5.32 Å². The molecule has 0 spiro atoms. The van der Waals surface area contributed by atoms with Gasteiger partial charge >= 0.3 is 0 Å². The fourth-order valence-electron chi connectivity index (χ4n) is 3.09. The maximum absolute atomic E-state index is 11.8. The van der Waals surface area contributed by atoms with Crippen molar-refractivity contribution in [1.29, 1.82) is 0 Å². The molecule has 4 heteroatoms. The summed E-state index contributed by atoms with van der Waals surface area (Å²) in [6.45, 7) is 3.96. The van der Waals surface area contributed by atoms with E-state index < -0.39 is 9.84 Å². The molecule has 1 aromatic carbocycles. The van der Waals surface area contributed by atoms with Gasteiger partial charge in [0.15, 0.2) is 9.84 Å². The van der Waals surface area contributed by atoms with E-state index >= 15 is 0 Å². The smallest absolute Gasteiger partial charge is 0.178 e. The molecule has 0 radical (unpaired) electrons. The van der Waals surface area contributed by atoms with Crippen LogP contribution >= 0.6 is 0 Å². The predicted octanol–water partition coefficient (Wildman–Crippen LogP) is 4.25. The van der Waals surface area contributed by atoms with Crippen LogP contribution in [-0.2, 0) is 9.84 Å². The molecule has 1 N–H and O–H groups in total. The maximum Gasteiger partial charge on any atom is 0.178 e. The van der Waals surface area contributed by atoms with Gasteiger partial charge in [0.1, 0.15) is 0 Å². The number of sulfone groups is 1. The summed E-state index contributed by atoms with van der Waals surface area (Å²) in [5, 5.41) is 3.57. The van der Waals surface area contributed by atoms with Crippen molar-refractivity contribution in [3.8, 4) is 0 Å². The Kier molecular flexibility index (Phi) is 5.68. The first-order chi connectivity index (χ1) is 10.0. The number of hydrogen-bond acceptors (Lipinski definition) is 3. The molecule has 2 unspecified atom stereocenters. The second-order valence-electron chi connectivity index (χ2n) is 6.05. The van der Waals surface area contributed by atoms with E-state index in [2.05, 4.69) is 12.2 Å². The highest BCUT2D eigenvalue weighted by atomic mass is 32.2. The van der Waals surface area contributed by atoms with Gasteiger partial charge in [-0.05, 0) is 49.4 Å². The van der Waals surface area contributed by atoms with Gasteiger partial charge in [0.2, 0.25) is 0 Å². The van der Waals surface area contributed by atoms with Gasteiger partial charge in [0.25, 0.3) is 0 Å². The van der Waals surface area contributed by atoms with Crippen LogP contribution in [0.4, 0.5) is 5.69 Å². The van der Waals surface area contributed by atoms with E-state index in [1.54, 1.807) is 19.1 Å². The normalized spacial score (nSPS) is 23.5. The van der Waals surface area contributed by atoms with Crippen molar-refractivity contribution >= 4 is 15.5 Å². The molecule has 0 heterocycles. The third-order valence-electron chi connectivity index (χ3n) is 4.63. The quantitative estimate of drug-likeness (QED) is 0.827. The third-order valence-corrected chi connectivity index (χ3v) is 6.38. The van der Waals surface area contributed by atoms with Crippen LogP contribution in [0.3, 0.4) is 0 Å². The number of anilines is 1. The molecular formula is C17H27NO2S. The first kappa shape index (κ1) is 16.3. The highest BCUT2D eigenvalue weighted by molar-refractivity contribution is 7.91. The van der Waals surface area contributed by atoms with E-state index in [4.69, 9.17) is 0 Å². The molecule has 1 saturated carbocycles. The Bertz CT molecular complexity index is 536. The van der Waals surface area contributed by atoms with Crippen molar-refractivity contribution in [2.75, 3.05) is 11.1 Å². The van der Waals surface area contributed by atoms with Gasteiger partial charge in [0, 0.05) is 11.7 Å². The summed E-state index contributed by atoms with van der Waals surface area (Å²) in [5.41, 5.74) is 1.03. The minimum absolute atomic E-state index is 0.154. The Balaban J connectivity index is 1.97. The summed E-state index contributed by atoms with van der Waals surface area (Å²) < 4.78 is 23.6. The Hall–Kier alpha value is -1.03. The Morgan fingerprint density at radius 3 is 2.38 bits per heavy atom. The summed E-state index contributed by atoms with van der Waals surface area (Å²) in [7, 11) is -3.09. The van der Waals surface area contributed by atoms with Crippen molar-refractivity contribution in [2.45, 2.75) is 63.3 Å². The van der Waals surface area contributed by atoms with Crippen LogP contribution in [0.15, 0.2) is 29.2 Å². The van der Waals surface area contributed by atoms with Crippen LogP contribution < -0.4 is 5.32 Å². The molecule has 1 aromatic rings. The van der Waals surface area contributed by atoms with E-state index in [0.717, 1.165) is 11.6 Å². The van der Waals surface area contributed by atoms with E-state index in [-0.39, 0.29) is 5.75 Å². The van der Waals surface area contributed by atoms with Crippen LogP contribution in [0, 0.1) is 5.92 Å². The van der Waals surface area contributed by atoms with Gasteiger partial charge in [-0.1, -0.05) is 33.1 Å². The summed E-state index contributed by atoms with van der Waals surface area (Å²) in [4.78, 5) is 0.419. The fraction of sp³-hybridized carbons (Fsp3) is 0.647. The minimum Gasteiger partial charge on any atom is -0.382 e. The maximum atomic E-state index is 11.8. The van der Waals surface area contributed by atoms with Gasteiger partial charge in [-0.25, -0.2) is 8.42 Å². The first-order valence-electron chi connectivity index (χ1n) is 8.14. The lowest BCUT2D eigenvalue weighted by atomic mass is 9.98. The zero-order valence-corrected chi connectivity index (χ0v) is 14.0. The SMILES string of the molecule is CCC1CCCC(Nc2ccc(S(=O)(=O)CC)cc2)CC1. The van der Waals surface area contributed by atoms with Crippen LogP contribution in [0.5, 0.6) is 0 Å². The lowest BCUT2D eigenvalue weighted by molar-refractivity contribution is 0.444. The van der Waals surface area contributed by atoms with Gasteiger partial charge in [-0.2, -0.15) is 0 Å². The molecule has 1 aliphatic carbocycles. The third kappa shape index (κ3) is 4.47. The first-order valence-corrected chi connectivity index (χ1v) is 9.79. The Labute approximate surface area is 129 Å². The number of nitrogens with one attached hydrogen (secondary N) is 1. The van der Waals surface area contributed by atoms with Gasteiger partial charge in [0.05, 0.1) is 10.6 Å². The van der Waals surface area contributed by atoms with Crippen LogP contribution in [0.2, 0.25) is 0 Å². The lowest BCUT2D eigenvalue weighted by Gasteiger charge is -2.18. The summed E-state index contributed by atoms with van der Waals surface area (Å²) in [6.07, 6.45) is 7.66. The largest absolute Gasteiger partial charge is 0.382 e. The summed E-state index contributed by atoms with van der Waals surface area (Å²) >= 11 is 0. The van der Waals surface area contributed by atoms with E-state index in [9.17, 15) is 8.42 Å². The number of hydrogen-bond donors (Lipinski definition) is 1. The molecule has 0 amide bonds. The molecule has 1 aliphatic rings. The van der Waals surface area contributed by atoms with Crippen molar-refractivity contribution in [3.05, 3.63) is 24.3 Å². The minimum atomic E-state index is -3.09. The standard InChI is InChI=1S/C17H27NO2S/c1-3-14-6-5-7-15(9-8-14)18-16-10-12-17(13-11-16)21(19,20)4-2/h10-15,18H,3-9H2,1-2H3. The summed E-state index contributed by atoms with van der Waals surface area (Å²) in [6, 6.07) is 7.74. The molecule has 21 heavy (non-hydrogen) atoms. The van der Waals surface area contributed by atoms with Crippen molar-refractivity contribution in [2.24, 2.45) is 5.92 Å². The topological polar surface area (TPSA) is 46.2 Å². The Morgan fingerprint density at radius 1 is 1.05 bits per heavy atom. The van der Waals surface area contributed by atoms with Crippen LogP contribution in [0.25, 0.3) is 0 Å².